The number of ether oxygens (including phenoxy) is 1. The van der Waals surface area contributed by atoms with Crippen molar-refractivity contribution < 1.29 is 4.74 Å². The third-order valence-electron chi connectivity index (χ3n) is 12.1. The minimum absolute atomic E-state index is 0.455. The molecule has 0 fully saturated rings. The number of hydrogen-bond donors (Lipinski definition) is 0. The Kier molecular flexibility index (Phi) is 5.40. The molecule has 2 heteroatoms. The number of para-hydroxylation sites is 4. The summed E-state index contributed by atoms with van der Waals surface area (Å²) in [5.74, 6) is 1.71. The lowest BCUT2D eigenvalue weighted by Gasteiger charge is -2.48. The summed E-state index contributed by atoms with van der Waals surface area (Å²) in [6.07, 6.45) is 0. The first-order valence-electron chi connectivity index (χ1n) is 18.1. The normalized spacial score (nSPS) is 19.0. The summed E-state index contributed by atoms with van der Waals surface area (Å²) >= 11 is 0. The molecule has 8 aromatic rings. The molecule has 1 heterocycles. The molecule has 0 aromatic heterocycles. The van der Waals surface area contributed by atoms with Gasteiger partial charge in [0.1, 0.15) is 0 Å². The Labute approximate surface area is 302 Å². The maximum absolute atomic E-state index is 6.45. The molecule has 0 radical (unpaired) electrons. The van der Waals surface area contributed by atoms with Crippen LogP contribution in [0.4, 0.5) is 17.1 Å². The van der Waals surface area contributed by atoms with E-state index in [2.05, 4.69) is 181 Å². The molecule has 2 atom stereocenters. The highest BCUT2D eigenvalue weighted by molar-refractivity contribution is 5.97. The summed E-state index contributed by atoms with van der Waals surface area (Å²) in [6.45, 7) is 0. The summed E-state index contributed by atoms with van der Waals surface area (Å²) in [6, 6.07) is 69.7. The van der Waals surface area contributed by atoms with E-state index in [1.165, 1.54) is 66.8 Å². The minimum atomic E-state index is -0.546. The number of nitrogens with zero attached hydrogens (tertiary/aromatic N) is 1. The van der Waals surface area contributed by atoms with Gasteiger partial charge in [-0.1, -0.05) is 152 Å². The number of anilines is 3. The van der Waals surface area contributed by atoms with Crippen LogP contribution in [-0.2, 0) is 10.8 Å². The Balaban J connectivity index is 1.23. The van der Waals surface area contributed by atoms with Gasteiger partial charge in [-0.2, -0.15) is 0 Å². The van der Waals surface area contributed by atoms with Crippen LogP contribution >= 0.6 is 0 Å². The van der Waals surface area contributed by atoms with Gasteiger partial charge in [0.05, 0.1) is 22.2 Å². The van der Waals surface area contributed by atoms with Crippen molar-refractivity contribution in [2.45, 2.75) is 10.8 Å². The summed E-state index contributed by atoms with van der Waals surface area (Å²) < 4.78 is 6.45. The quantitative estimate of drug-likeness (QED) is 0.183. The van der Waals surface area contributed by atoms with Crippen molar-refractivity contribution in [2.75, 3.05) is 4.90 Å². The fraction of sp³-hybridized carbons (Fsp3) is 0.0400. The predicted octanol–water partition coefficient (Wildman–Crippen LogP) is 12.3. The van der Waals surface area contributed by atoms with Crippen LogP contribution in [-0.4, -0.2) is 0 Å². The van der Waals surface area contributed by atoms with Gasteiger partial charge < -0.3 is 9.64 Å². The molecule has 52 heavy (non-hydrogen) atoms. The molecule has 8 aromatic carbocycles. The smallest absolute Gasteiger partial charge is 0.151 e. The van der Waals surface area contributed by atoms with Gasteiger partial charge in [0.15, 0.2) is 11.5 Å². The summed E-state index contributed by atoms with van der Waals surface area (Å²) in [7, 11) is 0. The number of hydrogen-bond acceptors (Lipinski definition) is 2. The van der Waals surface area contributed by atoms with Crippen molar-refractivity contribution in [3.8, 4) is 33.8 Å². The van der Waals surface area contributed by atoms with E-state index in [0.717, 1.165) is 28.6 Å². The van der Waals surface area contributed by atoms with E-state index in [4.69, 9.17) is 4.74 Å². The molecule has 0 amide bonds. The van der Waals surface area contributed by atoms with Crippen molar-refractivity contribution in [1.82, 2.24) is 0 Å². The average molecular weight is 662 g/mol. The predicted molar refractivity (Wildman–Crippen MR) is 209 cm³/mol. The molecular formula is C50H31NO. The number of benzene rings is 8. The van der Waals surface area contributed by atoms with E-state index in [-0.39, 0.29) is 0 Å². The van der Waals surface area contributed by atoms with Crippen LogP contribution in [0.1, 0.15) is 44.5 Å². The Morgan fingerprint density at radius 1 is 0.346 bits per heavy atom. The Hall–Kier alpha value is -6.64. The molecule has 1 aliphatic heterocycles. The molecule has 2 unspecified atom stereocenters. The van der Waals surface area contributed by atoms with Crippen LogP contribution in [0.5, 0.6) is 11.5 Å². The molecule has 0 N–H and O–H groups in total. The van der Waals surface area contributed by atoms with Crippen molar-refractivity contribution in [3.63, 3.8) is 0 Å². The largest absolute Gasteiger partial charge is 0.453 e. The third-order valence-corrected chi connectivity index (χ3v) is 12.1. The summed E-state index contributed by atoms with van der Waals surface area (Å²) in [5.41, 5.74) is 18.1. The third kappa shape index (κ3) is 3.22. The highest BCUT2D eigenvalue weighted by Gasteiger charge is 2.59. The van der Waals surface area contributed by atoms with Gasteiger partial charge in [-0.25, -0.2) is 0 Å². The molecule has 3 aliphatic carbocycles. The van der Waals surface area contributed by atoms with Crippen LogP contribution < -0.4 is 9.64 Å². The molecule has 1 spiro atoms. The topological polar surface area (TPSA) is 12.5 Å². The van der Waals surface area contributed by atoms with E-state index < -0.39 is 10.8 Å². The van der Waals surface area contributed by atoms with Crippen molar-refractivity contribution >= 4 is 17.1 Å². The van der Waals surface area contributed by atoms with Crippen LogP contribution in [0.15, 0.2) is 188 Å². The SMILES string of the molecule is c1ccc(C23c4ccccc4-c4cccc(c42)C2(c4ccccc4-c4ccc(N5c6ccccc6Oc6ccccc65)cc42)c2ccccc23)cc1. The lowest BCUT2D eigenvalue weighted by molar-refractivity contribution is 0.477. The van der Waals surface area contributed by atoms with Gasteiger partial charge in [0.2, 0.25) is 0 Å². The zero-order valence-corrected chi connectivity index (χ0v) is 28.3. The van der Waals surface area contributed by atoms with Crippen molar-refractivity contribution in [2.24, 2.45) is 0 Å². The van der Waals surface area contributed by atoms with E-state index in [0.29, 0.717) is 0 Å². The number of rotatable bonds is 2. The Morgan fingerprint density at radius 3 is 1.56 bits per heavy atom. The van der Waals surface area contributed by atoms with Crippen LogP contribution in [0, 0.1) is 0 Å². The highest BCUT2D eigenvalue weighted by atomic mass is 16.5. The first-order valence-corrected chi connectivity index (χ1v) is 18.1. The first-order chi connectivity index (χ1) is 25.8. The molecule has 2 nitrogen and oxygen atoms in total. The van der Waals surface area contributed by atoms with E-state index in [1.54, 1.807) is 0 Å². The van der Waals surface area contributed by atoms with E-state index in [9.17, 15) is 0 Å². The highest BCUT2D eigenvalue weighted by Crippen LogP contribution is 2.69. The zero-order chi connectivity index (χ0) is 34.0. The van der Waals surface area contributed by atoms with Gasteiger partial charge in [-0.15, -0.1) is 0 Å². The van der Waals surface area contributed by atoms with E-state index >= 15 is 0 Å². The molecule has 0 saturated carbocycles. The molecular weight excluding hydrogens is 631 g/mol. The van der Waals surface area contributed by atoms with Crippen LogP contribution in [0.25, 0.3) is 22.3 Å². The maximum Gasteiger partial charge on any atom is 0.151 e. The average Bonchev–Trinajstić information content (AvgIpc) is 3.68. The van der Waals surface area contributed by atoms with Gasteiger partial charge in [0, 0.05) is 5.69 Å². The molecule has 12 rings (SSSR count). The zero-order valence-electron chi connectivity index (χ0n) is 28.3. The van der Waals surface area contributed by atoms with Crippen LogP contribution in [0.3, 0.4) is 0 Å². The molecule has 0 saturated heterocycles. The van der Waals surface area contributed by atoms with Gasteiger partial charge in [-0.3, -0.25) is 0 Å². The second-order valence-electron chi connectivity index (χ2n) is 14.3. The summed E-state index contributed by atoms with van der Waals surface area (Å²) in [4.78, 5) is 2.37. The lowest BCUT2D eigenvalue weighted by Crippen LogP contribution is -2.43. The van der Waals surface area contributed by atoms with Crippen LogP contribution in [0.2, 0.25) is 0 Å². The minimum Gasteiger partial charge on any atom is -0.453 e. The first kappa shape index (κ1) is 28.1. The van der Waals surface area contributed by atoms with E-state index in [1.807, 2.05) is 12.1 Å². The Morgan fingerprint density at radius 2 is 0.846 bits per heavy atom. The maximum atomic E-state index is 6.45. The molecule has 242 valence electrons. The fourth-order valence-electron chi connectivity index (χ4n) is 10.3. The fourth-order valence-corrected chi connectivity index (χ4v) is 10.3. The van der Waals surface area contributed by atoms with Gasteiger partial charge in [0.25, 0.3) is 0 Å². The standard InChI is InChI=1S/C50H31NO/c1-2-15-32(16-3-1)49-38-20-6-5-18-35(38)37-19-14-24-42(48(37)49)50(41-23-9-8-22-40(41)49)39-21-7-4-17-34(39)36-30-29-33(31-43(36)50)51-44-25-10-12-27-46(44)52-47-28-13-11-26-45(47)51/h1-31H. The second-order valence-corrected chi connectivity index (χ2v) is 14.3. The second kappa shape index (κ2) is 9.99. The van der Waals surface area contributed by atoms with Crippen molar-refractivity contribution in [1.29, 1.82) is 0 Å². The lowest BCUT2D eigenvalue weighted by atomic mass is 9.52. The summed E-state index contributed by atoms with van der Waals surface area (Å²) in [5, 5.41) is 0. The van der Waals surface area contributed by atoms with Gasteiger partial charge >= 0.3 is 0 Å². The number of fused-ring (bicyclic) bond motifs is 14. The van der Waals surface area contributed by atoms with Crippen molar-refractivity contribution in [3.05, 3.63) is 233 Å². The van der Waals surface area contributed by atoms with Gasteiger partial charge in [-0.05, 0) is 103 Å². The monoisotopic (exact) mass is 661 g/mol. The molecule has 4 aliphatic rings. The molecule has 0 bridgehead atoms. The Bertz CT molecular complexity index is 2750.